The fourth-order valence-corrected chi connectivity index (χ4v) is 16.0. The minimum Gasteiger partial charge on any atom is -0.508 e. The maximum atomic E-state index is 14.5. The number of aliphatic hydroxyl groups excluding tert-OH is 1. The summed E-state index contributed by atoms with van der Waals surface area (Å²) < 4.78 is 18.9. The number of likely N-dealkylation sites (tertiary alicyclic amines) is 1. The highest BCUT2D eigenvalue weighted by molar-refractivity contribution is 7.13. The quantitative estimate of drug-likeness (QED) is 0.0803. The predicted octanol–water partition coefficient (Wildman–Crippen LogP) is 8.29. The van der Waals surface area contributed by atoms with E-state index in [0.717, 1.165) is 124 Å². The smallest absolute Gasteiger partial charge is 0.409 e. The van der Waals surface area contributed by atoms with Crippen LogP contribution < -0.4 is 25.2 Å². The van der Waals surface area contributed by atoms with E-state index in [2.05, 4.69) is 49.6 Å². The number of β-amino-alcohol motifs (C(OH)–C–C–N with tert-alkyl or cyclic N) is 1. The van der Waals surface area contributed by atoms with Crippen molar-refractivity contribution < 1.29 is 38.6 Å². The molecule has 10 heterocycles. The van der Waals surface area contributed by atoms with Gasteiger partial charge >= 0.3 is 12.1 Å². The van der Waals surface area contributed by atoms with Gasteiger partial charge in [-0.2, -0.15) is 9.97 Å². The minimum atomic E-state index is -0.854. The molecule has 4 N–H and O–H groups in total. The number of piperazine rings is 2. The lowest BCUT2D eigenvalue weighted by Gasteiger charge is -2.36. The molecule has 3 unspecified atom stereocenters. The van der Waals surface area contributed by atoms with Crippen molar-refractivity contribution in [2.24, 2.45) is 5.92 Å². The maximum absolute atomic E-state index is 14.5. The van der Waals surface area contributed by atoms with Gasteiger partial charge in [-0.05, 0) is 104 Å². The van der Waals surface area contributed by atoms with Gasteiger partial charge in [-0.1, -0.05) is 68.4 Å². The van der Waals surface area contributed by atoms with Gasteiger partial charge in [0, 0.05) is 99.7 Å². The molecule has 7 aromatic rings. The van der Waals surface area contributed by atoms with Crippen LogP contribution in [0.25, 0.3) is 43.4 Å². The van der Waals surface area contributed by atoms with Gasteiger partial charge in [-0.25, -0.2) is 9.78 Å². The van der Waals surface area contributed by atoms with Crippen LogP contribution in [0, 0.1) is 12.8 Å². The van der Waals surface area contributed by atoms with Crippen molar-refractivity contribution in [3.63, 3.8) is 0 Å². The van der Waals surface area contributed by atoms with Crippen LogP contribution in [0.2, 0.25) is 0 Å². The summed E-state index contributed by atoms with van der Waals surface area (Å²) in [6, 6.07) is 19.8. The number of aliphatic hydroxyl groups is 1. The molecule has 0 saturated carbocycles. The highest BCUT2D eigenvalue weighted by atomic mass is 32.1. The standard InChI is InChI=1S/C64H74N12O8S/c1-35(2)53(61(80)75-31-46(78)26-50(75)60(79)67-37(4)39-10-12-40(13-11-39)58-38(5)66-34-85-58)51-27-52(71-84-51)72-20-22-73(23-21-72)63(81)82-32-44-16-18-64(17-7-19-76(44)64)33-83-62-69-57-49(59(70-62)74-29-42-14-15-43(30-74)68-42)28-65-56-48-25-45(77)24-41-8-6-9-47(55(41)48)36(3)54(56)57/h6,8-13,24-25,27-28,34-37,42-44,46,50,53,68,77-78H,7,14-23,26,29-33H2,1-5H3,(H,67,79)/t36?,37-,42?,43?,44-,46+,50-,53-,64+/m0/s1. The first-order valence-corrected chi connectivity index (χ1v) is 31.3. The Morgan fingerprint density at radius 1 is 0.929 bits per heavy atom. The van der Waals surface area contributed by atoms with Crippen molar-refractivity contribution in [3.05, 3.63) is 101 Å². The zero-order chi connectivity index (χ0) is 58.4. The molecule has 1 aliphatic carbocycles. The molecule has 20 nitrogen and oxygen atoms in total. The lowest BCUT2D eigenvalue weighted by molar-refractivity contribution is -0.141. The minimum absolute atomic E-state index is 0.0165. The van der Waals surface area contributed by atoms with Gasteiger partial charge in [0.1, 0.15) is 36.7 Å². The van der Waals surface area contributed by atoms with Crippen molar-refractivity contribution in [1.82, 2.24) is 50.4 Å². The number of thiazole rings is 1. The molecule has 6 fully saturated rings. The SMILES string of the molecule is Cc1ncsc1-c1ccc([C@H](C)NC(=O)[C@@H]2C[C@@H](O)CN2C(=O)[C@H](c2cc(N3CCN(C(=O)OC[C@@H]4CC[C@@]5(COc6nc(N7CC8CCC(C7)N8)c7cnc8c(c7n6)C(C)c6cccc7cc(O)cc-8c67)CCCN45)CC3)no2)C(C)C)cc1. The van der Waals surface area contributed by atoms with E-state index >= 15 is 0 Å². The molecule has 0 spiro atoms. The molecular weight excluding hydrogens is 1100 g/mol. The third-order valence-electron chi connectivity index (χ3n) is 19.6. The Morgan fingerprint density at radius 2 is 1.73 bits per heavy atom. The summed E-state index contributed by atoms with van der Waals surface area (Å²) in [5, 5.41) is 36.0. The second-order valence-electron chi connectivity index (χ2n) is 25.2. The lowest BCUT2D eigenvalue weighted by Crippen LogP contribution is -2.51. The second-order valence-corrected chi connectivity index (χ2v) is 26.0. The van der Waals surface area contributed by atoms with E-state index in [1.165, 1.54) is 10.5 Å². The second kappa shape index (κ2) is 22.1. The van der Waals surface area contributed by atoms with Crippen LogP contribution in [-0.4, -0.2) is 169 Å². The molecule has 9 atom stereocenters. The summed E-state index contributed by atoms with van der Waals surface area (Å²) in [4.78, 5) is 73.5. The molecule has 3 aromatic carbocycles. The third-order valence-corrected chi connectivity index (χ3v) is 20.5. The fraction of sp³-hybridized carbons (Fsp3) is 0.500. The van der Waals surface area contributed by atoms with Crippen molar-refractivity contribution in [2.75, 3.05) is 75.4 Å². The van der Waals surface area contributed by atoms with E-state index in [0.29, 0.717) is 62.5 Å². The Kier molecular flexibility index (Phi) is 14.4. The molecule has 21 heteroatoms. The number of benzene rings is 3. The highest BCUT2D eigenvalue weighted by Crippen LogP contribution is 2.49. The van der Waals surface area contributed by atoms with Gasteiger partial charge in [0.05, 0.1) is 50.4 Å². The number of aromatic nitrogens is 5. The molecule has 6 aliphatic heterocycles. The third kappa shape index (κ3) is 10.1. The van der Waals surface area contributed by atoms with E-state index in [1.807, 2.05) is 86.8 Å². The number of hydrogen-bond donors (Lipinski definition) is 4. The summed E-state index contributed by atoms with van der Waals surface area (Å²) in [7, 11) is 0. The van der Waals surface area contributed by atoms with Crippen LogP contribution in [-0.2, 0) is 14.3 Å². The largest absolute Gasteiger partial charge is 0.508 e. The van der Waals surface area contributed by atoms with E-state index in [1.54, 1.807) is 22.3 Å². The summed E-state index contributed by atoms with van der Waals surface area (Å²) in [5.41, 5.74) is 9.29. The average molecular weight is 1170 g/mol. The number of amides is 3. The molecule has 444 valence electrons. The monoisotopic (exact) mass is 1170 g/mol. The number of hydrogen-bond acceptors (Lipinski definition) is 18. The molecule has 2 bridgehead atoms. The Labute approximate surface area is 497 Å². The molecule has 3 amide bonds. The van der Waals surface area contributed by atoms with Crippen LogP contribution in [0.4, 0.5) is 16.4 Å². The molecular formula is C64H74N12O8S. The van der Waals surface area contributed by atoms with Gasteiger partial charge in [-0.3, -0.25) is 19.5 Å². The fourth-order valence-electron chi connectivity index (χ4n) is 15.2. The van der Waals surface area contributed by atoms with Crippen molar-refractivity contribution in [2.45, 2.75) is 133 Å². The predicted molar refractivity (Wildman–Crippen MR) is 323 cm³/mol. The van der Waals surface area contributed by atoms with Crippen LogP contribution >= 0.6 is 11.3 Å². The Bertz CT molecular complexity index is 3710. The Morgan fingerprint density at radius 3 is 2.49 bits per heavy atom. The number of carbonyl (C=O) groups is 3. The molecule has 85 heavy (non-hydrogen) atoms. The molecule has 6 saturated heterocycles. The normalized spacial score (nSPS) is 25.2. The number of ether oxygens (including phenoxy) is 2. The molecule has 0 radical (unpaired) electrons. The lowest BCUT2D eigenvalue weighted by atomic mass is 9.79. The number of aryl methyl sites for hydroxylation is 1. The number of phenols is 1. The van der Waals surface area contributed by atoms with Crippen LogP contribution in [0.3, 0.4) is 0 Å². The van der Waals surface area contributed by atoms with E-state index in [4.69, 9.17) is 28.9 Å². The van der Waals surface area contributed by atoms with Crippen LogP contribution in [0.5, 0.6) is 11.8 Å². The maximum Gasteiger partial charge on any atom is 0.409 e. The van der Waals surface area contributed by atoms with Gasteiger partial charge < -0.3 is 54.4 Å². The molecule has 7 aliphatic rings. The van der Waals surface area contributed by atoms with E-state index in [-0.39, 0.29) is 72.7 Å². The Balaban J connectivity index is 0.605. The van der Waals surface area contributed by atoms with E-state index < -0.39 is 18.1 Å². The van der Waals surface area contributed by atoms with Gasteiger partial charge in [0.15, 0.2) is 11.6 Å². The number of nitrogens with zero attached hydrogens (tertiary/aromatic N) is 10. The zero-order valence-corrected chi connectivity index (χ0v) is 49.7. The number of fused-ring (bicyclic) bond motifs is 7. The topological polar surface area (TPSA) is 228 Å². The average Bonchev–Trinajstić information content (AvgIpc) is 1.94. The van der Waals surface area contributed by atoms with Gasteiger partial charge in [-0.15, -0.1) is 11.3 Å². The van der Waals surface area contributed by atoms with Gasteiger partial charge in [0.2, 0.25) is 11.8 Å². The van der Waals surface area contributed by atoms with Crippen LogP contribution in [0.15, 0.2) is 76.9 Å². The van der Waals surface area contributed by atoms with E-state index in [9.17, 15) is 24.6 Å². The van der Waals surface area contributed by atoms with Crippen molar-refractivity contribution in [1.29, 1.82) is 0 Å². The number of phenolic OH excluding ortho intramolecular Hbond substituents is 1. The summed E-state index contributed by atoms with van der Waals surface area (Å²) in [6.07, 6.45) is 6.87. The zero-order valence-electron chi connectivity index (χ0n) is 48.9. The number of aromatic hydroxyl groups is 1. The number of anilines is 2. The van der Waals surface area contributed by atoms with Crippen LogP contribution in [0.1, 0.15) is 119 Å². The number of pyridine rings is 1. The summed E-state index contributed by atoms with van der Waals surface area (Å²) >= 11 is 1.59. The molecule has 14 rings (SSSR count). The Hall–Kier alpha value is -7.46. The van der Waals surface area contributed by atoms with Gasteiger partial charge in [0.25, 0.3) is 0 Å². The number of carbonyl (C=O) groups excluding carboxylic acids is 3. The first-order chi connectivity index (χ1) is 41.2. The number of rotatable bonds is 14. The molecule has 4 aromatic heterocycles. The number of nitrogens with one attached hydrogen (secondary N) is 2. The summed E-state index contributed by atoms with van der Waals surface area (Å²) in [6.45, 7) is 15.1. The van der Waals surface area contributed by atoms with Crippen molar-refractivity contribution in [3.8, 4) is 33.5 Å². The highest BCUT2D eigenvalue weighted by Gasteiger charge is 2.51. The summed E-state index contributed by atoms with van der Waals surface area (Å²) in [5.74, 6) is 0.415. The van der Waals surface area contributed by atoms with Crippen molar-refractivity contribution >= 4 is 62.6 Å². The first kappa shape index (κ1) is 55.4. The first-order valence-electron chi connectivity index (χ1n) is 30.5.